The Kier molecular flexibility index (Phi) is 16.1. The quantitative estimate of drug-likeness (QED) is 0.162. The van der Waals surface area contributed by atoms with Crippen molar-refractivity contribution in [3.05, 3.63) is 12.2 Å². The van der Waals surface area contributed by atoms with Crippen LogP contribution in [-0.4, -0.2) is 13.1 Å². The second-order valence-corrected chi connectivity index (χ2v) is 8.57. The van der Waals surface area contributed by atoms with E-state index in [4.69, 9.17) is 0 Å². The van der Waals surface area contributed by atoms with Gasteiger partial charge in [0, 0.05) is 6.42 Å². The first kappa shape index (κ1) is 24.2. The lowest BCUT2D eigenvalue weighted by molar-refractivity contribution is -0.140. The zero-order chi connectivity index (χ0) is 18.8. The summed E-state index contributed by atoms with van der Waals surface area (Å²) in [6, 6.07) is 0. The maximum absolute atomic E-state index is 11.0. The number of unbranched alkanes of at least 4 members (excludes halogenated alkanes) is 11. The molecule has 0 amide bonds. The summed E-state index contributed by atoms with van der Waals surface area (Å²) in [6.07, 6.45) is 23.4. The second kappa shape index (κ2) is 16.7. The molecule has 0 unspecified atom stereocenters. The van der Waals surface area contributed by atoms with Gasteiger partial charge in [-0.15, -0.1) is 0 Å². The number of hydrogen-bond acceptors (Lipinski definition) is 2. The molecule has 0 saturated carbocycles. The summed E-state index contributed by atoms with van der Waals surface area (Å²) in [5.41, 5.74) is 0.511. The zero-order valence-electron chi connectivity index (χ0n) is 17.6. The molecule has 0 aliphatic heterocycles. The van der Waals surface area contributed by atoms with Gasteiger partial charge in [0.25, 0.3) is 0 Å². The molecule has 0 N–H and O–H groups in total. The molecule has 0 fully saturated rings. The number of ether oxygens (including phenoxy) is 1. The Balaban J connectivity index is 3.16. The van der Waals surface area contributed by atoms with Gasteiger partial charge in [-0.1, -0.05) is 84.3 Å². The first-order valence-corrected chi connectivity index (χ1v) is 10.7. The highest BCUT2D eigenvalue weighted by Crippen LogP contribution is 2.22. The van der Waals surface area contributed by atoms with E-state index in [1.807, 2.05) is 0 Å². The highest BCUT2D eigenvalue weighted by molar-refractivity contribution is 5.68. The normalized spacial score (nSPS) is 12.0. The molecule has 0 rings (SSSR count). The third-order valence-corrected chi connectivity index (χ3v) is 4.69. The van der Waals surface area contributed by atoms with Crippen LogP contribution in [0.4, 0.5) is 0 Å². The summed E-state index contributed by atoms with van der Waals surface area (Å²) in [7, 11) is 1.45. The molecule has 2 nitrogen and oxygen atoms in total. The molecule has 0 saturated heterocycles. The van der Waals surface area contributed by atoms with Gasteiger partial charge in [0.2, 0.25) is 0 Å². The monoisotopic (exact) mass is 352 g/mol. The molecule has 0 aliphatic rings. The fraction of sp³-hybridized carbons (Fsp3) is 0.870. The number of carbonyl (C=O) groups excluding carboxylic acids is 1. The summed E-state index contributed by atoms with van der Waals surface area (Å²) < 4.78 is 4.63. The SMILES string of the molecule is COC(=O)CCCC/C=C/CCCCCCCCCCCC(C)(C)C. The Hall–Kier alpha value is -0.790. The second-order valence-electron chi connectivity index (χ2n) is 8.57. The lowest BCUT2D eigenvalue weighted by Gasteiger charge is -2.17. The number of rotatable bonds is 16. The fourth-order valence-corrected chi connectivity index (χ4v) is 3.02. The van der Waals surface area contributed by atoms with Gasteiger partial charge in [0.1, 0.15) is 0 Å². The van der Waals surface area contributed by atoms with Gasteiger partial charge < -0.3 is 4.74 Å². The van der Waals surface area contributed by atoms with Crippen molar-refractivity contribution in [1.29, 1.82) is 0 Å². The summed E-state index contributed by atoms with van der Waals surface area (Å²) in [5, 5.41) is 0. The highest BCUT2D eigenvalue weighted by Gasteiger charge is 2.08. The maximum Gasteiger partial charge on any atom is 0.305 e. The molecular weight excluding hydrogens is 308 g/mol. The smallest absolute Gasteiger partial charge is 0.305 e. The topological polar surface area (TPSA) is 26.3 Å². The van der Waals surface area contributed by atoms with Crippen LogP contribution in [0.5, 0.6) is 0 Å². The van der Waals surface area contributed by atoms with Crippen molar-refractivity contribution in [3.63, 3.8) is 0 Å². The van der Waals surface area contributed by atoms with Crippen LogP contribution in [0, 0.1) is 5.41 Å². The Bertz CT molecular complexity index is 325. The van der Waals surface area contributed by atoms with E-state index >= 15 is 0 Å². The lowest BCUT2D eigenvalue weighted by Crippen LogP contribution is -2.03. The molecule has 0 heterocycles. The Morgan fingerprint density at radius 1 is 0.720 bits per heavy atom. The van der Waals surface area contributed by atoms with E-state index in [2.05, 4.69) is 37.7 Å². The molecule has 148 valence electrons. The minimum absolute atomic E-state index is 0.0890. The number of allylic oxidation sites excluding steroid dienone is 2. The Labute approximate surface area is 157 Å². The average Bonchev–Trinajstić information content (AvgIpc) is 2.56. The molecular formula is C23H44O2. The van der Waals surface area contributed by atoms with E-state index in [0.29, 0.717) is 11.8 Å². The summed E-state index contributed by atoms with van der Waals surface area (Å²) >= 11 is 0. The summed E-state index contributed by atoms with van der Waals surface area (Å²) in [4.78, 5) is 11.0. The minimum Gasteiger partial charge on any atom is -0.469 e. The largest absolute Gasteiger partial charge is 0.469 e. The number of carbonyl (C=O) groups is 1. The predicted molar refractivity (Wildman–Crippen MR) is 110 cm³/mol. The van der Waals surface area contributed by atoms with Gasteiger partial charge in [-0.05, 0) is 43.9 Å². The van der Waals surface area contributed by atoms with Crippen LogP contribution in [0.2, 0.25) is 0 Å². The van der Waals surface area contributed by atoms with Crippen LogP contribution in [0.25, 0.3) is 0 Å². The molecule has 0 spiro atoms. The van der Waals surface area contributed by atoms with Crippen LogP contribution < -0.4 is 0 Å². The van der Waals surface area contributed by atoms with Crippen LogP contribution in [0.1, 0.15) is 117 Å². The van der Waals surface area contributed by atoms with Crippen molar-refractivity contribution in [1.82, 2.24) is 0 Å². The van der Waals surface area contributed by atoms with E-state index in [1.165, 1.54) is 77.7 Å². The fourth-order valence-electron chi connectivity index (χ4n) is 3.02. The average molecular weight is 353 g/mol. The van der Waals surface area contributed by atoms with Gasteiger partial charge in [-0.25, -0.2) is 0 Å². The van der Waals surface area contributed by atoms with Gasteiger partial charge >= 0.3 is 5.97 Å². The van der Waals surface area contributed by atoms with Gasteiger partial charge in [0.15, 0.2) is 0 Å². The molecule has 0 aromatic carbocycles. The van der Waals surface area contributed by atoms with Gasteiger partial charge in [0.05, 0.1) is 7.11 Å². The van der Waals surface area contributed by atoms with Crippen molar-refractivity contribution in [3.8, 4) is 0 Å². The molecule has 0 atom stereocenters. The summed E-state index contributed by atoms with van der Waals surface area (Å²) in [6.45, 7) is 7.02. The maximum atomic E-state index is 11.0. The first-order chi connectivity index (χ1) is 12.0. The van der Waals surface area contributed by atoms with Crippen LogP contribution in [0.15, 0.2) is 12.2 Å². The summed E-state index contributed by atoms with van der Waals surface area (Å²) in [5.74, 6) is -0.0890. The molecule has 0 aromatic heterocycles. The molecule has 2 heteroatoms. The van der Waals surface area contributed by atoms with Crippen molar-refractivity contribution in [2.75, 3.05) is 7.11 Å². The van der Waals surface area contributed by atoms with E-state index in [1.54, 1.807) is 0 Å². The zero-order valence-corrected chi connectivity index (χ0v) is 17.6. The predicted octanol–water partition coefficient (Wildman–Crippen LogP) is 7.61. The molecule has 25 heavy (non-hydrogen) atoms. The standard InChI is InChI=1S/C23H44O2/c1-23(2,3)21-19-17-15-13-11-9-7-5-6-8-10-12-14-16-18-20-22(24)25-4/h10,12H,5-9,11,13-21H2,1-4H3/b12-10+. The van der Waals surface area contributed by atoms with Crippen molar-refractivity contribution >= 4 is 5.97 Å². The molecule has 0 aromatic rings. The third kappa shape index (κ3) is 21.2. The van der Waals surface area contributed by atoms with Crippen LogP contribution in [0.3, 0.4) is 0 Å². The lowest BCUT2D eigenvalue weighted by atomic mass is 9.89. The van der Waals surface area contributed by atoms with Crippen LogP contribution in [-0.2, 0) is 9.53 Å². The van der Waals surface area contributed by atoms with Crippen LogP contribution >= 0.6 is 0 Å². The van der Waals surface area contributed by atoms with Gasteiger partial charge in [-0.2, -0.15) is 0 Å². The minimum atomic E-state index is -0.0890. The third-order valence-electron chi connectivity index (χ3n) is 4.69. The Morgan fingerprint density at radius 2 is 1.16 bits per heavy atom. The van der Waals surface area contributed by atoms with E-state index < -0.39 is 0 Å². The highest BCUT2D eigenvalue weighted by atomic mass is 16.5. The molecule has 0 aliphatic carbocycles. The van der Waals surface area contributed by atoms with Gasteiger partial charge in [-0.3, -0.25) is 4.79 Å². The number of methoxy groups -OCH3 is 1. The number of esters is 1. The van der Waals surface area contributed by atoms with Crippen molar-refractivity contribution in [2.45, 2.75) is 117 Å². The van der Waals surface area contributed by atoms with E-state index in [-0.39, 0.29) is 5.97 Å². The molecule has 0 bridgehead atoms. The first-order valence-electron chi connectivity index (χ1n) is 10.7. The van der Waals surface area contributed by atoms with Crippen molar-refractivity contribution in [2.24, 2.45) is 5.41 Å². The van der Waals surface area contributed by atoms with Crippen molar-refractivity contribution < 1.29 is 9.53 Å². The molecule has 0 radical (unpaired) electrons. The Morgan fingerprint density at radius 3 is 1.64 bits per heavy atom. The van der Waals surface area contributed by atoms with E-state index in [0.717, 1.165) is 19.3 Å². The number of hydrogen-bond donors (Lipinski definition) is 0. The van der Waals surface area contributed by atoms with E-state index in [9.17, 15) is 4.79 Å².